The normalized spacial score (nSPS) is 24.1. The summed E-state index contributed by atoms with van der Waals surface area (Å²) >= 11 is 0. The molecule has 0 saturated carbocycles. The van der Waals surface area contributed by atoms with Crippen LogP contribution in [-0.4, -0.2) is 48.2 Å². The van der Waals surface area contributed by atoms with Crippen molar-refractivity contribution >= 4 is 5.69 Å². The first-order valence-corrected chi connectivity index (χ1v) is 14.2. The number of ether oxygens (including phenoxy) is 2. The minimum Gasteiger partial charge on any atom is -0.339 e. The highest BCUT2D eigenvalue weighted by atomic mass is 16.8. The second-order valence-corrected chi connectivity index (χ2v) is 10.8. The molecule has 2 N–H and O–H groups in total. The van der Waals surface area contributed by atoms with Crippen LogP contribution in [0.2, 0.25) is 0 Å². The van der Waals surface area contributed by atoms with Crippen LogP contribution in [-0.2, 0) is 35.4 Å². The summed E-state index contributed by atoms with van der Waals surface area (Å²) < 4.78 is 12.0. The van der Waals surface area contributed by atoms with Crippen LogP contribution >= 0.6 is 0 Å². The maximum absolute atomic E-state index is 6.08. The van der Waals surface area contributed by atoms with Crippen molar-refractivity contribution in [2.75, 3.05) is 26.1 Å². The van der Waals surface area contributed by atoms with Crippen LogP contribution in [0.4, 0.5) is 5.69 Å². The molecule has 0 aromatic heterocycles. The fourth-order valence-electron chi connectivity index (χ4n) is 5.75. The summed E-state index contributed by atoms with van der Waals surface area (Å²) in [5, 5.41) is 5.05. The standard InChI is InChI=1S/C31H39N3O2.C2H7N/c1-6-9-12-27(7-2)34-21-28-26(11-10-13-29(28)32-34)19-18-24-14-16-25(17-15-24)20-33-23(4)22-35-31(8-3)30(33,5)36-31;1-3-2/h6-7,10-11,13-17,27,32H,1-2,4,8-9,12,18-22H2,3,5H3;3H,1-2H3. The van der Waals surface area contributed by atoms with Gasteiger partial charge < -0.3 is 25.1 Å². The van der Waals surface area contributed by atoms with Crippen LogP contribution < -0.4 is 10.7 Å². The Bertz CT molecular complexity index is 1160. The Morgan fingerprint density at radius 1 is 1.10 bits per heavy atom. The molecule has 6 heteroatoms. The molecule has 39 heavy (non-hydrogen) atoms. The van der Waals surface area contributed by atoms with Gasteiger partial charge in [-0.05, 0) is 75.0 Å². The van der Waals surface area contributed by atoms with E-state index in [1.54, 1.807) is 0 Å². The minimum absolute atomic E-state index is 0.295. The molecule has 2 aromatic carbocycles. The lowest BCUT2D eigenvalue weighted by molar-refractivity contribution is -0.0619. The number of morpholine rings is 1. The Morgan fingerprint density at radius 2 is 1.82 bits per heavy atom. The molecule has 3 heterocycles. The van der Waals surface area contributed by atoms with Crippen LogP contribution in [0, 0.1) is 0 Å². The molecule has 3 unspecified atom stereocenters. The summed E-state index contributed by atoms with van der Waals surface area (Å²) in [5.41, 5.74) is 10.8. The van der Waals surface area contributed by atoms with Crippen molar-refractivity contribution in [3.05, 3.63) is 102 Å². The zero-order valence-corrected chi connectivity index (χ0v) is 24.3. The molecule has 0 radical (unpaired) electrons. The summed E-state index contributed by atoms with van der Waals surface area (Å²) in [6.07, 6.45) is 8.90. The third-order valence-corrected chi connectivity index (χ3v) is 8.11. The van der Waals surface area contributed by atoms with Gasteiger partial charge in [-0.3, -0.25) is 0 Å². The quantitative estimate of drug-likeness (QED) is 0.268. The average molecular weight is 531 g/mol. The zero-order valence-electron chi connectivity index (χ0n) is 24.3. The molecule has 6 nitrogen and oxygen atoms in total. The van der Waals surface area contributed by atoms with Crippen molar-refractivity contribution < 1.29 is 9.47 Å². The summed E-state index contributed by atoms with van der Waals surface area (Å²) in [7, 11) is 3.75. The molecule has 2 saturated heterocycles. The lowest BCUT2D eigenvalue weighted by Crippen LogP contribution is -2.47. The van der Waals surface area contributed by atoms with Crippen LogP contribution in [0.1, 0.15) is 55.4 Å². The first-order chi connectivity index (χ1) is 18.8. The van der Waals surface area contributed by atoms with Gasteiger partial charge in [0, 0.05) is 31.2 Å². The molecule has 5 rings (SSSR count). The first kappa shape index (κ1) is 29.1. The second kappa shape index (κ2) is 12.5. The third-order valence-electron chi connectivity index (χ3n) is 8.11. The van der Waals surface area contributed by atoms with Crippen LogP contribution in [0.3, 0.4) is 0 Å². The Balaban J connectivity index is 0.00000112. The summed E-state index contributed by atoms with van der Waals surface area (Å²) in [6.45, 7) is 18.6. The third kappa shape index (κ3) is 5.99. The summed E-state index contributed by atoms with van der Waals surface area (Å²) in [4.78, 5) is 2.27. The average Bonchev–Trinajstić information content (AvgIpc) is 3.34. The van der Waals surface area contributed by atoms with Crippen molar-refractivity contribution in [2.24, 2.45) is 0 Å². The predicted octanol–water partition coefficient (Wildman–Crippen LogP) is 6.17. The molecule has 3 atom stereocenters. The SMILES string of the molecule is C=CCCC(C=C)N1Cc2c(CCc3ccc(CN4C(=C)COC5(CC)OC45C)cc3)cccc2N1.CNC. The molecule has 0 amide bonds. The number of anilines is 1. The number of fused-ring (bicyclic) bond motifs is 2. The Labute approximate surface area is 235 Å². The van der Waals surface area contributed by atoms with Gasteiger partial charge >= 0.3 is 0 Å². The van der Waals surface area contributed by atoms with E-state index in [9.17, 15) is 0 Å². The van der Waals surface area contributed by atoms with Gasteiger partial charge in [-0.2, -0.15) is 0 Å². The molecule has 2 fully saturated rings. The number of aryl methyl sites for hydroxylation is 2. The van der Waals surface area contributed by atoms with Gasteiger partial charge in [0.25, 0.3) is 0 Å². The molecule has 0 aliphatic carbocycles. The number of rotatable bonds is 11. The number of nitrogens with one attached hydrogen (secondary N) is 2. The van der Waals surface area contributed by atoms with Gasteiger partial charge in [0.15, 0.2) is 5.72 Å². The molecular formula is C33H46N4O2. The fraction of sp³-hybridized carbons (Fsp3) is 0.455. The Kier molecular flexibility index (Phi) is 9.34. The van der Waals surface area contributed by atoms with E-state index in [-0.39, 0.29) is 0 Å². The largest absolute Gasteiger partial charge is 0.339 e. The molecular weight excluding hydrogens is 484 g/mol. The molecule has 3 aliphatic rings. The van der Waals surface area contributed by atoms with Crippen molar-refractivity contribution in [1.29, 1.82) is 0 Å². The Hall–Kier alpha value is -2.90. The molecule has 210 valence electrons. The zero-order chi connectivity index (χ0) is 28.0. The van der Waals surface area contributed by atoms with E-state index in [1.807, 2.05) is 26.2 Å². The summed E-state index contributed by atoms with van der Waals surface area (Å²) in [5.74, 6) is -0.480. The number of hydrazine groups is 1. The van der Waals surface area contributed by atoms with E-state index in [0.717, 1.165) is 50.9 Å². The number of hydrogen-bond donors (Lipinski definition) is 2. The lowest BCUT2D eigenvalue weighted by atomic mass is 9.98. The van der Waals surface area contributed by atoms with E-state index in [0.29, 0.717) is 12.6 Å². The van der Waals surface area contributed by atoms with Gasteiger partial charge in [-0.25, -0.2) is 5.01 Å². The molecule has 0 spiro atoms. The smallest absolute Gasteiger partial charge is 0.219 e. The van der Waals surface area contributed by atoms with Gasteiger partial charge in [0.2, 0.25) is 5.79 Å². The number of nitrogens with zero attached hydrogens (tertiary/aromatic N) is 2. The van der Waals surface area contributed by atoms with Gasteiger partial charge in [-0.1, -0.05) is 62.1 Å². The summed E-state index contributed by atoms with van der Waals surface area (Å²) in [6, 6.07) is 15.9. The maximum atomic E-state index is 6.08. The number of allylic oxidation sites excluding steroid dienone is 1. The van der Waals surface area contributed by atoms with E-state index in [2.05, 4.69) is 96.7 Å². The van der Waals surface area contributed by atoms with E-state index in [4.69, 9.17) is 9.47 Å². The second-order valence-electron chi connectivity index (χ2n) is 10.8. The number of epoxide rings is 1. The van der Waals surface area contributed by atoms with Crippen LogP contribution in [0.25, 0.3) is 0 Å². The van der Waals surface area contributed by atoms with Crippen molar-refractivity contribution in [2.45, 2.75) is 76.6 Å². The van der Waals surface area contributed by atoms with Gasteiger partial charge in [0.05, 0.1) is 12.3 Å². The van der Waals surface area contributed by atoms with Crippen molar-refractivity contribution in [3.63, 3.8) is 0 Å². The molecule has 0 bridgehead atoms. The number of hydrogen-bond acceptors (Lipinski definition) is 6. The highest BCUT2D eigenvalue weighted by Gasteiger charge is 2.73. The minimum atomic E-state index is -0.480. The first-order valence-electron chi connectivity index (χ1n) is 14.2. The molecule has 3 aliphatic heterocycles. The fourth-order valence-corrected chi connectivity index (χ4v) is 5.75. The van der Waals surface area contributed by atoms with E-state index >= 15 is 0 Å². The monoisotopic (exact) mass is 530 g/mol. The van der Waals surface area contributed by atoms with Crippen LogP contribution in [0.15, 0.2) is 80.1 Å². The number of benzene rings is 2. The highest BCUT2D eigenvalue weighted by molar-refractivity contribution is 5.57. The van der Waals surface area contributed by atoms with E-state index in [1.165, 1.54) is 27.9 Å². The highest BCUT2D eigenvalue weighted by Crippen LogP contribution is 2.57. The Morgan fingerprint density at radius 3 is 2.49 bits per heavy atom. The lowest BCUT2D eigenvalue weighted by Gasteiger charge is -2.37. The molecule has 2 aromatic rings. The topological polar surface area (TPSA) is 52.3 Å². The van der Waals surface area contributed by atoms with Crippen LogP contribution in [0.5, 0.6) is 0 Å². The predicted molar refractivity (Wildman–Crippen MR) is 161 cm³/mol. The van der Waals surface area contributed by atoms with E-state index < -0.39 is 11.5 Å². The van der Waals surface area contributed by atoms with Crippen molar-refractivity contribution in [3.8, 4) is 0 Å². The van der Waals surface area contributed by atoms with Crippen molar-refractivity contribution in [1.82, 2.24) is 15.2 Å². The maximum Gasteiger partial charge on any atom is 0.219 e. The van der Waals surface area contributed by atoms with Gasteiger partial charge in [0.1, 0.15) is 0 Å². The van der Waals surface area contributed by atoms with Gasteiger partial charge in [-0.15, -0.1) is 13.2 Å².